The van der Waals surface area contributed by atoms with Gasteiger partial charge in [-0.1, -0.05) is 59.1 Å². The summed E-state index contributed by atoms with van der Waals surface area (Å²) in [6, 6.07) is 24.3. The van der Waals surface area contributed by atoms with Crippen LogP contribution in [0.3, 0.4) is 0 Å². The number of halogens is 2. The monoisotopic (exact) mass is 603 g/mol. The fourth-order valence-electron chi connectivity index (χ4n) is 3.58. The molecule has 0 heterocycles. The van der Waals surface area contributed by atoms with Gasteiger partial charge in [-0.15, -0.1) is 0 Å². The molecule has 4 aromatic carbocycles. The Balaban J connectivity index is 1.55. The number of amides is 1. The number of nitrogens with one attached hydrogen (secondary N) is 2. The van der Waals surface area contributed by atoms with Crippen molar-refractivity contribution >= 4 is 66.2 Å². The molecule has 0 atom stereocenters. The molecule has 0 radical (unpaired) electrons. The highest BCUT2D eigenvalue weighted by Gasteiger charge is 2.29. The molecular weight excluding hydrogens is 581 g/mol. The number of benzene rings is 4. The minimum atomic E-state index is -4.20. The van der Waals surface area contributed by atoms with Crippen molar-refractivity contribution in [1.82, 2.24) is 0 Å². The van der Waals surface area contributed by atoms with Crippen molar-refractivity contribution in [2.45, 2.75) is 16.7 Å². The minimum absolute atomic E-state index is 0.0138. The molecule has 0 saturated heterocycles. The van der Waals surface area contributed by atoms with Crippen LogP contribution in [0.5, 0.6) is 0 Å². The molecular formula is C27H23Cl2N3O5S2. The molecule has 4 aromatic rings. The lowest BCUT2D eigenvalue weighted by Gasteiger charge is -2.25. The molecule has 12 heteroatoms. The highest BCUT2D eigenvalue weighted by Crippen LogP contribution is 2.33. The van der Waals surface area contributed by atoms with Gasteiger partial charge in [-0.2, -0.15) is 0 Å². The Morgan fingerprint density at radius 1 is 0.769 bits per heavy atom. The molecule has 39 heavy (non-hydrogen) atoms. The van der Waals surface area contributed by atoms with Crippen molar-refractivity contribution in [3.05, 3.63) is 113 Å². The number of carbonyl (C=O) groups is 1. The maximum Gasteiger partial charge on any atom is 0.264 e. The largest absolute Gasteiger partial charge is 0.325 e. The summed E-state index contributed by atoms with van der Waals surface area (Å²) in [7, 11) is -8.06. The van der Waals surface area contributed by atoms with Crippen LogP contribution in [0.1, 0.15) is 5.56 Å². The zero-order chi connectivity index (χ0) is 28.2. The summed E-state index contributed by atoms with van der Waals surface area (Å²) in [6.07, 6.45) is 0. The number of anilines is 3. The third-order valence-electron chi connectivity index (χ3n) is 5.55. The SMILES string of the molecule is Cc1ccc(NS(=O)(=O)c2ccc(NC(=O)CN(c3cc(Cl)ccc3Cl)S(=O)(=O)c3ccccc3)cc2)cc1. The molecule has 0 aliphatic rings. The van der Waals surface area contributed by atoms with Crippen molar-refractivity contribution in [2.24, 2.45) is 0 Å². The highest BCUT2D eigenvalue weighted by molar-refractivity contribution is 7.93. The molecule has 0 aromatic heterocycles. The Hall–Kier alpha value is -3.57. The predicted octanol–water partition coefficient (Wildman–Crippen LogP) is 5.94. The zero-order valence-corrected chi connectivity index (χ0v) is 23.7. The molecule has 0 spiro atoms. The summed E-state index contributed by atoms with van der Waals surface area (Å²) in [5, 5.41) is 2.92. The van der Waals surface area contributed by atoms with Gasteiger partial charge in [-0.3, -0.25) is 13.8 Å². The fraction of sp³-hybridized carbons (Fsp3) is 0.0741. The van der Waals surface area contributed by atoms with E-state index in [1.54, 1.807) is 42.5 Å². The molecule has 0 unspecified atom stereocenters. The number of aryl methyl sites for hydroxylation is 1. The summed E-state index contributed by atoms with van der Waals surface area (Å²) in [4.78, 5) is 12.9. The lowest BCUT2D eigenvalue weighted by molar-refractivity contribution is -0.114. The van der Waals surface area contributed by atoms with Crippen LogP contribution in [0.4, 0.5) is 17.1 Å². The van der Waals surface area contributed by atoms with Crippen molar-refractivity contribution in [1.29, 1.82) is 0 Å². The summed E-state index contributed by atoms with van der Waals surface area (Å²) in [5.41, 5.74) is 1.71. The molecule has 4 rings (SSSR count). The van der Waals surface area contributed by atoms with E-state index in [4.69, 9.17) is 23.2 Å². The first-order valence-corrected chi connectivity index (χ1v) is 15.2. The van der Waals surface area contributed by atoms with Crippen LogP contribution >= 0.6 is 23.2 Å². The smallest absolute Gasteiger partial charge is 0.264 e. The molecule has 8 nitrogen and oxygen atoms in total. The maximum atomic E-state index is 13.5. The fourth-order valence-corrected chi connectivity index (χ4v) is 6.53. The van der Waals surface area contributed by atoms with Crippen LogP contribution in [0.25, 0.3) is 0 Å². The van der Waals surface area contributed by atoms with E-state index < -0.39 is 32.5 Å². The highest BCUT2D eigenvalue weighted by atomic mass is 35.5. The molecule has 0 saturated carbocycles. The maximum absolute atomic E-state index is 13.5. The first-order chi connectivity index (χ1) is 18.5. The summed E-state index contributed by atoms with van der Waals surface area (Å²) >= 11 is 12.4. The van der Waals surface area contributed by atoms with Gasteiger partial charge >= 0.3 is 0 Å². The first-order valence-electron chi connectivity index (χ1n) is 11.5. The van der Waals surface area contributed by atoms with Crippen LogP contribution in [-0.2, 0) is 24.8 Å². The second-order valence-electron chi connectivity index (χ2n) is 8.46. The average molecular weight is 605 g/mol. The molecule has 1 amide bonds. The first kappa shape index (κ1) is 28.4. The summed E-state index contributed by atoms with van der Waals surface area (Å²) < 4.78 is 55.8. The van der Waals surface area contributed by atoms with Gasteiger partial charge in [0.25, 0.3) is 20.0 Å². The van der Waals surface area contributed by atoms with Gasteiger partial charge in [-0.25, -0.2) is 16.8 Å². The van der Waals surface area contributed by atoms with Crippen LogP contribution in [0.15, 0.2) is 107 Å². The molecule has 0 bridgehead atoms. The Morgan fingerprint density at radius 3 is 2.03 bits per heavy atom. The number of sulfonamides is 2. The lowest BCUT2D eigenvalue weighted by atomic mass is 10.2. The Bertz CT molecular complexity index is 1700. The van der Waals surface area contributed by atoms with E-state index >= 15 is 0 Å². The van der Waals surface area contributed by atoms with E-state index in [2.05, 4.69) is 10.0 Å². The van der Waals surface area contributed by atoms with Crippen LogP contribution in [0, 0.1) is 6.92 Å². The van der Waals surface area contributed by atoms with Crippen LogP contribution < -0.4 is 14.3 Å². The van der Waals surface area contributed by atoms with Gasteiger partial charge in [0.1, 0.15) is 6.54 Å². The van der Waals surface area contributed by atoms with Gasteiger partial charge in [0.05, 0.1) is 20.5 Å². The van der Waals surface area contributed by atoms with Gasteiger partial charge in [-0.05, 0) is 73.7 Å². The average Bonchev–Trinajstić information content (AvgIpc) is 2.91. The van der Waals surface area contributed by atoms with Gasteiger partial charge < -0.3 is 5.32 Å². The predicted molar refractivity (Wildman–Crippen MR) is 154 cm³/mol. The molecule has 0 aliphatic carbocycles. The van der Waals surface area contributed by atoms with E-state index in [9.17, 15) is 21.6 Å². The van der Waals surface area contributed by atoms with E-state index in [0.717, 1.165) is 9.87 Å². The third-order valence-corrected chi connectivity index (χ3v) is 9.27. The third kappa shape index (κ3) is 6.90. The van der Waals surface area contributed by atoms with E-state index in [-0.39, 0.29) is 31.2 Å². The molecule has 2 N–H and O–H groups in total. The van der Waals surface area contributed by atoms with Crippen molar-refractivity contribution in [3.8, 4) is 0 Å². The zero-order valence-electron chi connectivity index (χ0n) is 20.5. The molecule has 0 aliphatic heterocycles. The van der Waals surface area contributed by atoms with Crippen LogP contribution in [-0.4, -0.2) is 29.3 Å². The van der Waals surface area contributed by atoms with E-state index in [0.29, 0.717) is 5.69 Å². The van der Waals surface area contributed by atoms with E-state index in [1.165, 1.54) is 54.6 Å². The molecule has 202 valence electrons. The second kappa shape index (κ2) is 11.7. The van der Waals surface area contributed by atoms with Gasteiger partial charge in [0, 0.05) is 16.4 Å². The standard InChI is InChI=1S/C27H23Cl2N3O5S2/c1-19-7-10-22(11-8-19)31-38(34,35)23-14-12-21(13-15-23)30-27(33)18-32(26-17-20(28)9-16-25(26)29)39(36,37)24-5-3-2-4-6-24/h2-17,31H,18H2,1H3,(H,30,33). The van der Waals surface area contributed by atoms with Gasteiger partial charge in [0.15, 0.2) is 0 Å². The van der Waals surface area contributed by atoms with Crippen LogP contribution in [0.2, 0.25) is 10.0 Å². The van der Waals surface area contributed by atoms with E-state index in [1.807, 2.05) is 6.92 Å². The summed E-state index contributed by atoms with van der Waals surface area (Å²) in [6.45, 7) is 1.28. The van der Waals surface area contributed by atoms with Crippen molar-refractivity contribution in [3.63, 3.8) is 0 Å². The number of hydrogen-bond acceptors (Lipinski definition) is 5. The lowest BCUT2D eigenvalue weighted by Crippen LogP contribution is -2.38. The Kier molecular flexibility index (Phi) is 8.51. The topological polar surface area (TPSA) is 113 Å². The minimum Gasteiger partial charge on any atom is -0.325 e. The Morgan fingerprint density at radius 2 is 1.38 bits per heavy atom. The number of carbonyl (C=O) groups excluding carboxylic acids is 1. The quantitative estimate of drug-likeness (QED) is 0.246. The van der Waals surface area contributed by atoms with Gasteiger partial charge in [0.2, 0.25) is 5.91 Å². The second-order valence-corrected chi connectivity index (χ2v) is 12.9. The molecule has 0 fully saturated rings. The summed E-state index contributed by atoms with van der Waals surface area (Å²) in [5.74, 6) is -0.682. The van der Waals surface area contributed by atoms with Crippen molar-refractivity contribution in [2.75, 3.05) is 20.9 Å². The normalized spacial score (nSPS) is 11.6. The number of rotatable bonds is 9. The Labute approximate surface area is 237 Å². The number of nitrogens with zero attached hydrogens (tertiary/aromatic N) is 1. The number of hydrogen-bond donors (Lipinski definition) is 2. The van der Waals surface area contributed by atoms with Crippen molar-refractivity contribution < 1.29 is 21.6 Å².